The minimum absolute atomic E-state index is 0.0661. The van der Waals surface area contributed by atoms with Crippen molar-refractivity contribution in [3.05, 3.63) is 171 Å². The van der Waals surface area contributed by atoms with Crippen LogP contribution in [0.1, 0.15) is 77.3 Å². The van der Waals surface area contributed by atoms with Gasteiger partial charge in [0.1, 0.15) is 0 Å². The number of allylic oxidation sites excluding steroid dienone is 5. The van der Waals surface area contributed by atoms with E-state index in [1.807, 2.05) is 0 Å². The Labute approximate surface area is 263 Å². The molecule has 0 N–H and O–H groups in total. The maximum absolute atomic E-state index is 4.13. The summed E-state index contributed by atoms with van der Waals surface area (Å²) >= 11 is 0. The molecule has 0 heteroatoms. The molecule has 7 rings (SSSR count). The van der Waals surface area contributed by atoms with Gasteiger partial charge in [0.2, 0.25) is 0 Å². The van der Waals surface area contributed by atoms with E-state index in [0.717, 1.165) is 19.3 Å². The Balaban J connectivity index is 1.28. The third-order valence-corrected chi connectivity index (χ3v) is 10.1. The van der Waals surface area contributed by atoms with Crippen molar-refractivity contribution in [2.75, 3.05) is 0 Å². The highest BCUT2D eigenvalue weighted by Crippen LogP contribution is 2.52. The topological polar surface area (TPSA) is 0 Å². The summed E-state index contributed by atoms with van der Waals surface area (Å²) in [5.74, 6) is 0.510. The Hall–Kier alpha value is -4.42. The second-order valence-electron chi connectivity index (χ2n) is 13.6. The summed E-state index contributed by atoms with van der Waals surface area (Å²) in [6.45, 7) is 15.7. The van der Waals surface area contributed by atoms with Gasteiger partial charge in [-0.05, 0) is 117 Å². The van der Waals surface area contributed by atoms with E-state index < -0.39 is 0 Å². The molecule has 0 saturated carbocycles. The second kappa shape index (κ2) is 10.9. The van der Waals surface area contributed by atoms with Crippen LogP contribution in [0.2, 0.25) is 0 Å². The second-order valence-corrected chi connectivity index (χ2v) is 13.6. The standard InChI is InChI=1S/C44H42/c1-7-35-29(3)13-11-17-38(35)36-20-18-32(23-30(36)4)25-34-27-42-43(39-16-9-8-15-37(34)39)40-21-19-33(26-41(40)44(42,5)6)24-31-14-10-12-28(2)22-31/h7-12,14-23,26-27,29H,1,13,24-25H2,2-6H3. The molecule has 5 aromatic carbocycles. The number of benzene rings is 5. The monoisotopic (exact) mass is 570 g/mol. The molecule has 0 radical (unpaired) electrons. The van der Waals surface area contributed by atoms with Crippen LogP contribution in [0.4, 0.5) is 0 Å². The van der Waals surface area contributed by atoms with Gasteiger partial charge in [0.05, 0.1) is 0 Å². The molecule has 0 bridgehead atoms. The van der Waals surface area contributed by atoms with E-state index in [9.17, 15) is 0 Å². The van der Waals surface area contributed by atoms with E-state index in [0.29, 0.717) is 5.92 Å². The van der Waals surface area contributed by atoms with Crippen LogP contribution in [0.5, 0.6) is 0 Å². The Kier molecular flexibility index (Phi) is 7.05. The average molecular weight is 571 g/mol. The molecule has 1 unspecified atom stereocenters. The summed E-state index contributed by atoms with van der Waals surface area (Å²) in [6, 6.07) is 34.7. The molecule has 0 fully saturated rings. The summed E-state index contributed by atoms with van der Waals surface area (Å²) in [5.41, 5.74) is 17.8. The lowest BCUT2D eigenvalue weighted by Gasteiger charge is -2.24. The van der Waals surface area contributed by atoms with Crippen molar-refractivity contribution in [2.24, 2.45) is 5.92 Å². The van der Waals surface area contributed by atoms with Crippen molar-refractivity contribution in [1.29, 1.82) is 0 Å². The van der Waals surface area contributed by atoms with E-state index in [2.05, 4.69) is 150 Å². The lowest BCUT2D eigenvalue weighted by atomic mass is 9.80. The first-order chi connectivity index (χ1) is 21.2. The van der Waals surface area contributed by atoms with Crippen LogP contribution < -0.4 is 0 Å². The summed E-state index contributed by atoms with van der Waals surface area (Å²) < 4.78 is 0. The first kappa shape index (κ1) is 28.4. The van der Waals surface area contributed by atoms with Crippen molar-refractivity contribution in [2.45, 2.75) is 59.3 Å². The normalized spacial score (nSPS) is 16.7. The maximum Gasteiger partial charge on any atom is 0.0159 e. The molecule has 0 amide bonds. The maximum atomic E-state index is 4.13. The highest BCUT2D eigenvalue weighted by molar-refractivity contribution is 6.04. The molecule has 0 heterocycles. The SMILES string of the molecule is C=CC1=C(c2ccc(Cc3cc4c(c5ccccc35)-c3ccc(Cc5cccc(C)c5)cc3C4(C)C)cc2C)C=CCC1C. The fourth-order valence-corrected chi connectivity index (χ4v) is 7.81. The van der Waals surface area contributed by atoms with E-state index in [1.165, 1.54) is 83.1 Å². The third kappa shape index (κ3) is 4.78. The zero-order chi connectivity index (χ0) is 30.6. The molecule has 0 aromatic heterocycles. The van der Waals surface area contributed by atoms with Gasteiger partial charge in [-0.3, -0.25) is 0 Å². The van der Waals surface area contributed by atoms with Crippen molar-refractivity contribution in [3.63, 3.8) is 0 Å². The van der Waals surface area contributed by atoms with Gasteiger partial charge in [-0.2, -0.15) is 0 Å². The summed E-state index contributed by atoms with van der Waals surface area (Å²) in [6.07, 6.45) is 9.62. The highest BCUT2D eigenvalue weighted by Gasteiger charge is 2.37. The number of fused-ring (bicyclic) bond motifs is 5. The number of rotatable bonds is 6. The van der Waals surface area contributed by atoms with Crippen LogP contribution in [0, 0.1) is 19.8 Å². The van der Waals surface area contributed by atoms with E-state index in [4.69, 9.17) is 0 Å². The van der Waals surface area contributed by atoms with E-state index in [-0.39, 0.29) is 5.41 Å². The van der Waals surface area contributed by atoms with Gasteiger partial charge in [-0.15, -0.1) is 0 Å². The molecular weight excluding hydrogens is 528 g/mol. The Morgan fingerprint density at radius 2 is 1.48 bits per heavy atom. The van der Waals surface area contributed by atoms with Crippen LogP contribution in [0.3, 0.4) is 0 Å². The zero-order valence-corrected chi connectivity index (χ0v) is 26.8. The number of aryl methyl sites for hydroxylation is 2. The van der Waals surface area contributed by atoms with Gasteiger partial charge >= 0.3 is 0 Å². The smallest absolute Gasteiger partial charge is 0.0159 e. The van der Waals surface area contributed by atoms with Crippen molar-refractivity contribution in [3.8, 4) is 11.1 Å². The van der Waals surface area contributed by atoms with Crippen molar-refractivity contribution >= 4 is 16.3 Å². The molecule has 2 aliphatic rings. The van der Waals surface area contributed by atoms with Gasteiger partial charge in [0, 0.05) is 5.41 Å². The molecule has 0 aliphatic heterocycles. The molecule has 44 heavy (non-hydrogen) atoms. The van der Waals surface area contributed by atoms with Crippen LogP contribution in [0.15, 0.2) is 121 Å². The predicted octanol–water partition coefficient (Wildman–Crippen LogP) is 11.5. The summed E-state index contributed by atoms with van der Waals surface area (Å²) in [7, 11) is 0. The van der Waals surface area contributed by atoms with E-state index >= 15 is 0 Å². The molecule has 218 valence electrons. The van der Waals surface area contributed by atoms with Gasteiger partial charge in [-0.25, -0.2) is 0 Å². The van der Waals surface area contributed by atoms with Crippen LogP contribution >= 0.6 is 0 Å². The molecular formula is C44H42. The van der Waals surface area contributed by atoms with Gasteiger partial charge in [0.25, 0.3) is 0 Å². The van der Waals surface area contributed by atoms with Crippen molar-refractivity contribution in [1.82, 2.24) is 0 Å². The summed E-state index contributed by atoms with van der Waals surface area (Å²) in [4.78, 5) is 0. The molecule has 0 nitrogen and oxygen atoms in total. The average Bonchev–Trinajstić information content (AvgIpc) is 3.23. The number of hydrogen-bond donors (Lipinski definition) is 0. The fraction of sp³-hybridized carbons (Fsp3) is 0.227. The molecule has 2 aliphatic carbocycles. The third-order valence-electron chi connectivity index (χ3n) is 10.1. The summed E-state index contributed by atoms with van der Waals surface area (Å²) in [5, 5.41) is 2.73. The Bertz CT molecular complexity index is 2010. The Morgan fingerprint density at radius 3 is 2.23 bits per heavy atom. The highest BCUT2D eigenvalue weighted by atomic mass is 14.4. The number of hydrogen-bond acceptors (Lipinski definition) is 0. The first-order valence-electron chi connectivity index (χ1n) is 16.1. The van der Waals surface area contributed by atoms with Gasteiger partial charge < -0.3 is 0 Å². The quantitative estimate of drug-likeness (QED) is 0.190. The molecule has 0 spiro atoms. The Morgan fingerprint density at radius 1 is 0.750 bits per heavy atom. The molecule has 5 aromatic rings. The lowest BCUT2D eigenvalue weighted by molar-refractivity contribution is 0.659. The van der Waals surface area contributed by atoms with Gasteiger partial charge in [0.15, 0.2) is 0 Å². The minimum atomic E-state index is -0.0661. The van der Waals surface area contributed by atoms with Gasteiger partial charge in [-0.1, -0.05) is 142 Å². The largest absolute Gasteiger partial charge is 0.0988 e. The van der Waals surface area contributed by atoms with Crippen molar-refractivity contribution < 1.29 is 0 Å². The minimum Gasteiger partial charge on any atom is -0.0988 e. The predicted molar refractivity (Wildman–Crippen MR) is 190 cm³/mol. The van der Waals surface area contributed by atoms with Crippen LogP contribution in [-0.4, -0.2) is 0 Å². The van der Waals surface area contributed by atoms with Crippen LogP contribution in [-0.2, 0) is 18.3 Å². The zero-order valence-electron chi connectivity index (χ0n) is 26.8. The van der Waals surface area contributed by atoms with Crippen LogP contribution in [0.25, 0.3) is 27.5 Å². The molecule has 1 atom stereocenters. The van der Waals surface area contributed by atoms with E-state index in [1.54, 1.807) is 0 Å². The fourth-order valence-electron chi connectivity index (χ4n) is 7.81. The first-order valence-corrected chi connectivity index (χ1v) is 16.1. The molecule has 0 saturated heterocycles. The lowest BCUT2D eigenvalue weighted by Crippen LogP contribution is -2.16.